The third-order valence-corrected chi connectivity index (χ3v) is 4.28. The standard InChI is InChI=1S/C14H17F2N5O3S/c1-8(18-12-7-11(13(15)16)21(2)20-12)14(22)19-9-3-5-10(6-4-9)25(17,23)24/h3-8,13H,1-2H3,(H,18,20)(H,19,22)(H2,17,23,24). The van der Waals surface area contributed by atoms with Gasteiger partial charge in [-0.1, -0.05) is 0 Å². The first-order chi connectivity index (χ1) is 11.6. The summed E-state index contributed by atoms with van der Waals surface area (Å²) in [5.74, 6) is -0.308. The lowest BCUT2D eigenvalue weighted by Gasteiger charge is -2.13. The van der Waals surface area contributed by atoms with E-state index in [1.54, 1.807) is 0 Å². The minimum absolute atomic E-state index is 0.0790. The number of sulfonamides is 1. The van der Waals surface area contributed by atoms with Crippen LogP contribution in [0.25, 0.3) is 0 Å². The van der Waals surface area contributed by atoms with Crippen LogP contribution in [0.3, 0.4) is 0 Å². The number of nitrogens with two attached hydrogens (primary N) is 1. The molecule has 1 aromatic carbocycles. The van der Waals surface area contributed by atoms with Gasteiger partial charge in [-0.05, 0) is 31.2 Å². The Bertz CT molecular complexity index is 865. The largest absolute Gasteiger partial charge is 0.357 e. The molecule has 1 atom stereocenters. The first kappa shape index (κ1) is 18.8. The molecule has 1 amide bonds. The van der Waals surface area contributed by atoms with E-state index in [2.05, 4.69) is 15.7 Å². The van der Waals surface area contributed by atoms with Gasteiger partial charge < -0.3 is 10.6 Å². The Kier molecular flexibility index (Phi) is 5.38. The average molecular weight is 373 g/mol. The molecule has 2 rings (SSSR count). The fraction of sp³-hybridized carbons (Fsp3) is 0.286. The highest BCUT2D eigenvalue weighted by Crippen LogP contribution is 2.21. The number of anilines is 2. The second-order valence-electron chi connectivity index (χ2n) is 5.30. The Labute approximate surface area is 143 Å². The molecule has 0 fully saturated rings. The Hall–Kier alpha value is -2.53. The number of halogens is 2. The molecule has 1 heterocycles. The molecule has 0 aliphatic rings. The van der Waals surface area contributed by atoms with Crippen molar-refractivity contribution in [1.29, 1.82) is 0 Å². The molecule has 0 bridgehead atoms. The lowest BCUT2D eigenvalue weighted by molar-refractivity contribution is -0.116. The molecule has 8 nitrogen and oxygen atoms in total. The zero-order valence-electron chi connectivity index (χ0n) is 13.4. The van der Waals surface area contributed by atoms with Gasteiger partial charge in [-0.25, -0.2) is 22.3 Å². The maximum atomic E-state index is 12.7. The van der Waals surface area contributed by atoms with E-state index in [1.807, 2.05) is 0 Å². The van der Waals surface area contributed by atoms with Crippen molar-refractivity contribution in [2.24, 2.45) is 12.2 Å². The SMILES string of the molecule is CC(Nc1cc(C(F)F)n(C)n1)C(=O)Nc1ccc(S(N)(=O)=O)cc1. The summed E-state index contributed by atoms with van der Waals surface area (Å²) >= 11 is 0. The molecular formula is C14H17F2N5O3S. The molecule has 25 heavy (non-hydrogen) atoms. The number of hydrogen-bond donors (Lipinski definition) is 3. The minimum Gasteiger partial charge on any atom is -0.357 e. The molecule has 0 aliphatic carbocycles. The Balaban J connectivity index is 2.02. The van der Waals surface area contributed by atoms with Crippen LogP contribution in [0, 0.1) is 0 Å². The smallest absolute Gasteiger partial charge is 0.280 e. The highest BCUT2D eigenvalue weighted by molar-refractivity contribution is 7.89. The Morgan fingerprint density at radius 1 is 1.28 bits per heavy atom. The number of amides is 1. The Morgan fingerprint density at radius 3 is 2.36 bits per heavy atom. The third-order valence-electron chi connectivity index (χ3n) is 3.35. The maximum absolute atomic E-state index is 12.7. The maximum Gasteiger partial charge on any atom is 0.280 e. The molecule has 0 aliphatic heterocycles. The van der Waals surface area contributed by atoms with Crippen LogP contribution in [0.5, 0.6) is 0 Å². The number of aromatic nitrogens is 2. The molecule has 11 heteroatoms. The van der Waals surface area contributed by atoms with Crippen molar-refractivity contribution in [3.8, 4) is 0 Å². The fourth-order valence-electron chi connectivity index (χ4n) is 2.02. The number of primary sulfonamides is 1. The summed E-state index contributed by atoms with van der Waals surface area (Å²) in [6.45, 7) is 1.53. The summed E-state index contributed by atoms with van der Waals surface area (Å²) < 4.78 is 48.8. The van der Waals surface area contributed by atoms with Gasteiger partial charge in [0.1, 0.15) is 17.6 Å². The first-order valence-corrected chi connectivity index (χ1v) is 8.65. The van der Waals surface area contributed by atoms with Gasteiger partial charge in [-0.15, -0.1) is 0 Å². The van der Waals surface area contributed by atoms with E-state index in [0.29, 0.717) is 5.69 Å². The molecular weight excluding hydrogens is 356 g/mol. The van der Waals surface area contributed by atoms with E-state index in [4.69, 9.17) is 5.14 Å². The number of rotatable bonds is 6. The predicted molar refractivity (Wildman–Crippen MR) is 87.7 cm³/mol. The van der Waals surface area contributed by atoms with Crippen LogP contribution >= 0.6 is 0 Å². The molecule has 0 saturated heterocycles. The van der Waals surface area contributed by atoms with Gasteiger partial charge in [0.25, 0.3) is 6.43 Å². The monoisotopic (exact) mass is 373 g/mol. The number of benzene rings is 1. The van der Waals surface area contributed by atoms with Crippen molar-refractivity contribution in [3.63, 3.8) is 0 Å². The number of aryl methyl sites for hydroxylation is 1. The van der Waals surface area contributed by atoms with Gasteiger partial charge >= 0.3 is 0 Å². The summed E-state index contributed by atoms with van der Waals surface area (Å²) in [7, 11) is -2.43. The number of nitrogens with zero attached hydrogens (tertiary/aromatic N) is 2. The van der Waals surface area contributed by atoms with Gasteiger partial charge in [0.05, 0.1) is 4.90 Å². The molecule has 4 N–H and O–H groups in total. The van der Waals surface area contributed by atoms with Crippen molar-refractivity contribution in [3.05, 3.63) is 36.0 Å². The van der Waals surface area contributed by atoms with E-state index in [-0.39, 0.29) is 16.4 Å². The van der Waals surface area contributed by atoms with Crippen LogP contribution in [0.2, 0.25) is 0 Å². The fourth-order valence-corrected chi connectivity index (χ4v) is 2.54. The molecule has 1 aromatic heterocycles. The van der Waals surface area contributed by atoms with Crippen molar-refractivity contribution in [2.75, 3.05) is 10.6 Å². The van der Waals surface area contributed by atoms with Crippen LogP contribution in [0.4, 0.5) is 20.3 Å². The normalized spacial score (nSPS) is 12.9. The van der Waals surface area contributed by atoms with Crippen LogP contribution < -0.4 is 15.8 Å². The summed E-state index contributed by atoms with van der Waals surface area (Å²) in [4.78, 5) is 12.0. The topological polar surface area (TPSA) is 119 Å². The van der Waals surface area contributed by atoms with Gasteiger partial charge in [0.2, 0.25) is 15.9 Å². The lowest BCUT2D eigenvalue weighted by atomic mass is 10.2. The van der Waals surface area contributed by atoms with E-state index < -0.39 is 28.4 Å². The van der Waals surface area contributed by atoms with Crippen molar-refractivity contribution in [2.45, 2.75) is 24.3 Å². The molecule has 0 radical (unpaired) electrons. The zero-order chi connectivity index (χ0) is 18.8. The zero-order valence-corrected chi connectivity index (χ0v) is 14.2. The van der Waals surface area contributed by atoms with Gasteiger partial charge in [-0.2, -0.15) is 5.10 Å². The summed E-state index contributed by atoms with van der Waals surface area (Å²) in [5, 5.41) is 14.1. The van der Waals surface area contributed by atoms with Gasteiger partial charge in [0, 0.05) is 18.8 Å². The van der Waals surface area contributed by atoms with Crippen LogP contribution in [0.1, 0.15) is 19.0 Å². The number of nitrogens with one attached hydrogen (secondary N) is 2. The Morgan fingerprint density at radius 2 is 1.88 bits per heavy atom. The van der Waals surface area contributed by atoms with Crippen LogP contribution in [-0.2, 0) is 21.9 Å². The highest BCUT2D eigenvalue weighted by Gasteiger charge is 2.18. The van der Waals surface area contributed by atoms with Crippen LogP contribution in [-0.4, -0.2) is 30.1 Å². The van der Waals surface area contributed by atoms with Crippen molar-refractivity contribution < 1.29 is 22.0 Å². The molecule has 136 valence electrons. The quantitative estimate of drug-likeness (QED) is 0.708. The minimum atomic E-state index is -3.81. The second kappa shape index (κ2) is 7.15. The third kappa shape index (κ3) is 4.73. The number of carbonyl (C=O) groups excluding carboxylic acids is 1. The van der Waals surface area contributed by atoms with Gasteiger partial charge in [-0.3, -0.25) is 9.48 Å². The number of carbonyl (C=O) groups is 1. The first-order valence-electron chi connectivity index (χ1n) is 7.10. The lowest BCUT2D eigenvalue weighted by Crippen LogP contribution is -2.32. The summed E-state index contributed by atoms with van der Waals surface area (Å²) in [5.41, 5.74) is 0.0917. The number of hydrogen-bond acceptors (Lipinski definition) is 5. The molecule has 2 aromatic rings. The average Bonchev–Trinajstić information content (AvgIpc) is 2.87. The summed E-state index contributed by atoms with van der Waals surface area (Å²) in [6, 6.07) is 5.70. The van der Waals surface area contributed by atoms with Crippen molar-refractivity contribution >= 4 is 27.4 Å². The van der Waals surface area contributed by atoms with Crippen molar-refractivity contribution in [1.82, 2.24) is 9.78 Å². The van der Waals surface area contributed by atoms with E-state index in [9.17, 15) is 22.0 Å². The van der Waals surface area contributed by atoms with Gasteiger partial charge in [0.15, 0.2) is 0 Å². The highest BCUT2D eigenvalue weighted by atomic mass is 32.2. The molecule has 0 spiro atoms. The van der Waals surface area contributed by atoms with E-state index >= 15 is 0 Å². The van der Waals surface area contributed by atoms with Crippen LogP contribution in [0.15, 0.2) is 35.2 Å². The summed E-state index contributed by atoms with van der Waals surface area (Å²) in [6.07, 6.45) is -2.67. The van der Waals surface area contributed by atoms with E-state index in [0.717, 1.165) is 10.7 Å². The second-order valence-corrected chi connectivity index (χ2v) is 6.86. The van der Waals surface area contributed by atoms with E-state index in [1.165, 1.54) is 38.2 Å². The molecule has 1 unspecified atom stereocenters. The molecule has 0 saturated carbocycles. The number of alkyl halides is 2. The predicted octanol–water partition coefficient (Wildman–Crippen LogP) is 1.44.